The molecule has 1 amide bonds. The first-order chi connectivity index (χ1) is 15.2. The van der Waals surface area contributed by atoms with Gasteiger partial charge in [0, 0.05) is 21.7 Å². The summed E-state index contributed by atoms with van der Waals surface area (Å²) in [5.74, 6) is -0.427. The van der Waals surface area contributed by atoms with Gasteiger partial charge in [-0.15, -0.1) is 11.3 Å². The highest BCUT2D eigenvalue weighted by molar-refractivity contribution is 8.00. The van der Waals surface area contributed by atoms with E-state index in [1.54, 1.807) is 19.1 Å². The third-order valence-electron chi connectivity index (χ3n) is 4.61. The summed E-state index contributed by atoms with van der Waals surface area (Å²) in [4.78, 5) is 22.1. The Morgan fingerprint density at radius 3 is 2.62 bits per heavy atom. The quantitative estimate of drug-likeness (QED) is 0.237. The molecule has 0 radical (unpaired) electrons. The number of rotatable bonds is 5. The van der Waals surface area contributed by atoms with Crippen LogP contribution in [0.25, 0.3) is 21.3 Å². The number of carbonyl (C=O) groups is 1. The zero-order valence-corrected chi connectivity index (χ0v) is 18.9. The lowest BCUT2D eigenvalue weighted by Crippen LogP contribution is -2.22. The molecule has 2 heterocycles. The first kappa shape index (κ1) is 22.6. The number of alkyl halides is 3. The van der Waals surface area contributed by atoms with Crippen LogP contribution in [-0.4, -0.2) is 21.1 Å². The summed E-state index contributed by atoms with van der Waals surface area (Å²) < 4.78 is 38.8. The van der Waals surface area contributed by atoms with Crippen molar-refractivity contribution < 1.29 is 18.0 Å². The normalized spacial score (nSPS) is 12.7. The van der Waals surface area contributed by atoms with Gasteiger partial charge in [-0.2, -0.15) is 13.2 Å². The number of thiophene rings is 1. The van der Waals surface area contributed by atoms with Crippen molar-refractivity contribution in [1.29, 1.82) is 0 Å². The van der Waals surface area contributed by atoms with Gasteiger partial charge in [-0.3, -0.25) is 4.79 Å². The maximum Gasteiger partial charge on any atom is 0.416 e. The van der Waals surface area contributed by atoms with Crippen LogP contribution < -0.4 is 5.32 Å². The number of fused-ring (bicyclic) bond motifs is 1. The number of aromatic nitrogens is 2. The first-order valence-electron chi connectivity index (χ1n) is 9.35. The maximum absolute atomic E-state index is 12.9. The summed E-state index contributed by atoms with van der Waals surface area (Å²) in [6.07, 6.45) is -3.05. The number of hydrogen-bond acceptors (Lipinski definition) is 5. The monoisotopic (exact) mass is 493 g/mol. The summed E-state index contributed by atoms with van der Waals surface area (Å²) in [5, 5.41) is 5.98. The van der Waals surface area contributed by atoms with Gasteiger partial charge in [0.2, 0.25) is 5.91 Å². The van der Waals surface area contributed by atoms with Crippen LogP contribution in [0.15, 0.2) is 65.3 Å². The van der Waals surface area contributed by atoms with E-state index in [0.29, 0.717) is 10.0 Å². The number of halogens is 4. The summed E-state index contributed by atoms with van der Waals surface area (Å²) in [7, 11) is 0. The van der Waals surface area contributed by atoms with Crippen LogP contribution in [0, 0.1) is 0 Å². The molecular formula is C22H15ClF3N3OS2. The van der Waals surface area contributed by atoms with Gasteiger partial charge in [-0.1, -0.05) is 41.6 Å². The van der Waals surface area contributed by atoms with Crippen LogP contribution in [-0.2, 0) is 11.0 Å². The SMILES string of the molecule is C[C@H](Sc1ncnc2scc(-c3ccc(Cl)cc3)c12)C(=O)Nc1cccc(C(F)(F)F)c1. The Morgan fingerprint density at radius 1 is 1.16 bits per heavy atom. The average molecular weight is 494 g/mol. The van der Waals surface area contributed by atoms with E-state index in [1.165, 1.54) is 41.6 Å². The number of carbonyl (C=O) groups excluding carboxylic acids is 1. The van der Waals surface area contributed by atoms with Gasteiger partial charge in [0.05, 0.1) is 16.2 Å². The molecule has 4 rings (SSSR count). The van der Waals surface area contributed by atoms with Gasteiger partial charge in [0.1, 0.15) is 16.2 Å². The molecule has 0 fully saturated rings. The molecule has 2 aromatic carbocycles. The van der Waals surface area contributed by atoms with E-state index in [4.69, 9.17) is 11.6 Å². The average Bonchev–Trinajstić information content (AvgIpc) is 3.19. The summed E-state index contributed by atoms with van der Waals surface area (Å²) in [6, 6.07) is 11.9. The van der Waals surface area contributed by atoms with Gasteiger partial charge in [0.15, 0.2) is 0 Å². The van der Waals surface area contributed by atoms with E-state index in [9.17, 15) is 18.0 Å². The highest BCUT2D eigenvalue weighted by Gasteiger charge is 2.30. The molecule has 0 saturated heterocycles. The second kappa shape index (κ2) is 9.09. The van der Waals surface area contributed by atoms with Crippen molar-refractivity contribution >= 4 is 56.5 Å². The molecule has 4 nitrogen and oxygen atoms in total. The molecule has 4 aromatic rings. The minimum absolute atomic E-state index is 0.0856. The van der Waals surface area contributed by atoms with E-state index in [2.05, 4.69) is 15.3 Å². The van der Waals surface area contributed by atoms with Crippen molar-refractivity contribution in [2.24, 2.45) is 0 Å². The Labute approximate surface area is 194 Å². The molecule has 1 atom stereocenters. The fourth-order valence-electron chi connectivity index (χ4n) is 3.02. The maximum atomic E-state index is 12.9. The van der Waals surface area contributed by atoms with E-state index < -0.39 is 22.9 Å². The van der Waals surface area contributed by atoms with Crippen LogP contribution in [0.2, 0.25) is 5.02 Å². The van der Waals surface area contributed by atoms with Crippen molar-refractivity contribution in [3.05, 3.63) is 70.8 Å². The first-order valence-corrected chi connectivity index (χ1v) is 11.5. The molecule has 32 heavy (non-hydrogen) atoms. The smallest absolute Gasteiger partial charge is 0.325 e. The van der Waals surface area contributed by atoms with Crippen LogP contribution in [0.4, 0.5) is 18.9 Å². The van der Waals surface area contributed by atoms with E-state index >= 15 is 0 Å². The largest absolute Gasteiger partial charge is 0.416 e. The molecular weight excluding hydrogens is 479 g/mol. The lowest BCUT2D eigenvalue weighted by Gasteiger charge is -2.14. The van der Waals surface area contributed by atoms with Crippen molar-refractivity contribution in [3.8, 4) is 11.1 Å². The van der Waals surface area contributed by atoms with Crippen molar-refractivity contribution in [3.63, 3.8) is 0 Å². The third-order valence-corrected chi connectivity index (χ3v) is 6.84. The Balaban J connectivity index is 1.57. The Morgan fingerprint density at radius 2 is 1.91 bits per heavy atom. The van der Waals surface area contributed by atoms with Crippen LogP contribution >= 0.6 is 34.7 Å². The minimum atomic E-state index is -4.48. The standard InChI is InChI=1S/C22H15ClF3N3OS2/c1-12(19(30)29-16-4-2-3-14(9-16)22(24,25)26)32-21-18-17(10-31-20(18)27-11-28-21)13-5-7-15(23)8-6-13/h2-12H,1H3,(H,29,30)/t12-/m0/s1. The third kappa shape index (κ3) is 4.90. The Hall–Kier alpha value is -2.62. The van der Waals surface area contributed by atoms with Gasteiger partial charge in [-0.05, 0) is 42.8 Å². The van der Waals surface area contributed by atoms with Gasteiger partial charge in [0.25, 0.3) is 0 Å². The van der Waals surface area contributed by atoms with Gasteiger partial charge >= 0.3 is 6.18 Å². The van der Waals surface area contributed by atoms with E-state index in [-0.39, 0.29) is 5.69 Å². The minimum Gasteiger partial charge on any atom is -0.325 e. The number of thioether (sulfide) groups is 1. The number of anilines is 1. The number of amides is 1. The van der Waals surface area contributed by atoms with Crippen LogP contribution in [0.5, 0.6) is 0 Å². The van der Waals surface area contributed by atoms with Crippen molar-refractivity contribution in [2.45, 2.75) is 23.4 Å². The molecule has 0 unspecified atom stereocenters. The molecule has 1 N–H and O–H groups in total. The summed E-state index contributed by atoms with van der Waals surface area (Å²) >= 11 is 8.68. The molecule has 0 bridgehead atoms. The molecule has 164 valence electrons. The van der Waals surface area contributed by atoms with Gasteiger partial charge < -0.3 is 5.32 Å². The lowest BCUT2D eigenvalue weighted by atomic mass is 10.1. The molecule has 10 heteroatoms. The Kier molecular flexibility index (Phi) is 6.41. The van der Waals surface area contributed by atoms with Crippen molar-refractivity contribution in [2.75, 3.05) is 5.32 Å². The number of nitrogens with one attached hydrogen (secondary N) is 1. The van der Waals surface area contributed by atoms with Gasteiger partial charge in [-0.25, -0.2) is 9.97 Å². The zero-order chi connectivity index (χ0) is 22.9. The highest BCUT2D eigenvalue weighted by Crippen LogP contribution is 2.39. The molecule has 0 aliphatic carbocycles. The topological polar surface area (TPSA) is 54.9 Å². The fourth-order valence-corrected chi connectivity index (χ4v) is 5.06. The van der Waals surface area contributed by atoms with E-state index in [0.717, 1.165) is 33.5 Å². The predicted molar refractivity (Wildman–Crippen MR) is 123 cm³/mol. The number of hydrogen-bond donors (Lipinski definition) is 1. The van der Waals surface area contributed by atoms with Crippen LogP contribution in [0.1, 0.15) is 12.5 Å². The predicted octanol–water partition coefficient (Wildman–Crippen LogP) is 7.15. The molecule has 0 aliphatic heterocycles. The molecule has 0 spiro atoms. The fraction of sp³-hybridized carbons (Fsp3) is 0.136. The molecule has 0 aliphatic rings. The zero-order valence-electron chi connectivity index (χ0n) is 16.5. The summed E-state index contributed by atoms with van der Waals surface area (Å²) in [5.41, 5.74) is 1.13. The molecule has 0 saturated carbocycles. The molecule has 2 aromatic heterocycles. The summed E-state index contributed by atoms with van der Waals surface area (Å²) in [6.45, 7) is 1.68. The number of benzene rings is 2. The van der Waals surface area contributed by atoms with Crippen LogP contribution in [0.3, 0.4) is 0 Å². The van der Waals surface area contributed by atoms with Crippen molar-refractivity contribution in [1.82, 2.24) is 9.97 Å². The number of nitrogens with zero attached hydrogens (tertiary/aromatic N) is 2. The Bertz CT molecular complexity index is 1280. The second-order valence-electron chi connectivity index (χ2n) is 6.84. The lowest BCUT2D eigenvalue weighted by molar-refractivity contribution is -0.137. The van der Waals surface area contributed by atoms with E-state index in [1.807, 2.05) is 17.5 Å². The second-order valence-corrected chi connectivity index (χ2v) is 9.47. The highest BCUT2D eigenvalue weighted by atomic mass is 35.5.